The van der Waals surface area contributed by atoms with Crippen molar-refractivity contribution in [1.82, 2.24) is 14.5 Å². The number of imidazole rings is 1. The van der Waals surface area contributed by atoms with Crippen molar-refractivity contribution in [1.29, 1.82) is 0 Å². The van der Waals surface area contributed by atoms with Crippen LogP contribution in [-0.2, 0) is 0 Å². The Bertz CT molecular complexity index is 1610. The van der Waals surface area contributed by atoms with Crippen molar-refractivity contribution in [2.75, 3.05) is 37.7 Å². The van der Waals surface area contributed by atoms with Crippen LogP contribution < -0.4 is 9.64 Å². The van der Waals surface area contributed by atoms with Crippen LogP contribution in [-0.4, -0.2) is 53.1 Å². The van der Waals surface area contributed by atoms with Crippen molar-refractivity contribution in [3.05, 3.63) is 108 Å². The summed E-state index contributed by atoms with van der Waals surface area (Å²) in [4.78, 5) is 22.8. The molecule has 0 radical (unpaired) electrons. The number of piperazine rings is 1. The average molecular weight is 517 g/mol. The van der Waals surface area contributed by atoms with Gasteiger partial charge in [0.2, 0.25) is 0 Å². The highest BCUT2D eigenvalue weighted by atomic mass is 16.5. The van der Waals surface area contributed by atoms with Gasteiger partial charge in [0, 0.05) is 49.7 Å². The number of aromatic nitrogens is 2. The Labute approximate surface area is 229 Å². The lowest BCUT2D eigenvalue weighted by molar-refractivity contribution is 0.0741. The number of carbonyl (C=O) groups excluding carboxylic acids is 1. The van der Waals surface area contributed by atoms with Crippen LogP contribution in [0.25, 0.3) is 27.8 Å². The quantitative estimate of drug-likeness (QED) is 0.263. The molecule has 39 heavy (non-hydrogen) atoms. The van der Waals surface area contributed by atoms with Gasteiger partial charge in [-0.2, -0.15) is 0 Å². The van der Waals surface area contributed by atoms with Crippen molar-refractivity contribution >= 4 is 22.4 Å². The van der Waals surface area contributed by atoms with Crippen molar-refractivity contribution in [2.24, 2.45) is 0 Å². The molecule has 1 aliphatic rings. The van der Waals surface area contributed by atoms with Gasteiger partial charge in [0.25, 0.3) is 5.91 Å². The highest BCUT2D eigenvalue weighted by Crippen LogP contribution is 2.27. The van der Waals surface area contributed by atoms with E-state index in [0.29, 0.717) is 25.4 Å². The van der Waals surface area contributed by atoms with Crippen LogP contribution in [0.1, 0.15) is 23.0 Å². The van der Waals surface area contributed by atoms with Crippen LogP contribution >= 0.6 is 0 Å². The SMILES string of the molecule is CCOc1cccc(-n2cc(C(=O)N3CCN(c4ccc5ccccc5c4)CC3)nc2-c2ccc(C)cc2)c1. The molecule has 0 atom stereocenters. The molecule has 5 aromatic rings. The minimum absolute atomic E-state index is 0.0405. The number of carbonyl (C=O) groups is 1. The maximum atomic E-state index is 13.7. The normalized spacial score (nSPS) is 13.6. The van der Waals surface area contributed by atoms with E-state index in [4.69, 9.17) is 9.72 Å². The molecular formula is C33H32N4O2. The topological polar surface area (TPSA) is 50.6 Å². The summed E-state index contributed by atoms with van der Waals surface area (Å²) in [6.45, 7) is 7.49. The van der Waals surface area contributed by atoms with Gasteiger partial charge < -0.3 is 14.5 Å². The van der Waals surface area contributed by atoms with E-state index in [2.05, 4.69) is 78.6 Å². The van der Waals surface area contributed by atoms with E-state index >= 15 is 0 Å². The number of ether oxygens (including phenoxy) is 1. The average Bonchev–Trinajstić information content (AvgIpc) is 3.43. The molecule has 1 amide bonds. The maximum Gasteiger partial charge on any atom is 0.274 e. The Kier molecular flexibility index (Phi) is 6.76. The zero-order valence-corrected chi connectivity index (χ0v) is 22.4. The number of hydrogen-bond donors (Lipinski definition) is 0. The first-order chi connectivity index (χ1) is 19.1. The van der Waals surface area contributed by atoms with Gasteiger partial charge in [-0.25, -0.2) is 4.98 Å². The lowest BCUT2D eigenvalue weighted by atomic mass is 10.1. The van der Waals surface area contributed by atoms with Crippen LogP contribution in [0.4, 0.5) is 5.69 Å². The number of benzene rings is 4. The smallest absolute Gasteiger partial charge is 0.274 e. The second-order valence-electron chi connectivity index (χ2n) is 9.93. The maximum absolute atomic E-state index is 13.7. The Balaban J connectivity index is 1.25. The van der Waals surface area contributed by atoms with Crippen molar-refractivity contribution < 1.29 is 9.53 Å². The van der Waals surface area contributed by atoms with Crippen LogP contribution in [0.15, 0.2) is 97.2 Å². The largest absolute Gasteiger partial charge is 0.494 e. The second-order valence-corrected chi connectivity index (χ2v) is 9.93. The predicted octanol–water partition coefficient (Wildman–Crippen LogP) is 6.36. The molecule has 196 valence electrons. The molecule has 0 unspecified atom stereocenters. The molecule has 2 heterocycles. The molecule has 4 aromatic carbocycles. The molecule has 6 heteroatoms. The molecule has 0 spiro atoms. The Morgan fingerprint density at radius 2 is 1.59 bits per heavy atom. The zero-order valence-electron chi connectivity index (χ0n) is 22.4. The van der Waals surface area contributed by atoms with E-state index in [0.717, 1.165) is 35.9 Å². The third-order valence-corrected chi connectivity index (χ3v) is 7.31. The van der Waals surface area contributed by atoms with E-state index in [1.165, 1.54) is 22.0 Å². The highest BCUT2D eigenvalue weighted by Gasteiger charge is 2.26. The third-order valence-electron chi connectivity index (χ3n) is 7.31. The number of fused-ring (bicyclic) bond motifs is 1. The number of hydrogen-bond acceptors (Lipinski definition) is 4. The molecule has 1 fully saturated rings. The van der Waals surface area contributed by atoms with Crippen LogP contribution in [0.5, 0.6) is 5.75 Å². The summed E-state index contributed by atoms with van der Waals surface area (Å²) in [6.07, 6.45) is 1.86. The number of anilines is 1. The Morgan fingerprint density at radius 3 is 2.36 bits per heavy atom. The molecule has 0 aliphatic carbocycles. The summed E-state index contributed by atoms with van der Waals surface area (Å²) in [5, 5.41) is 2.47. The molecule has 0 saturated carbocycles. The highest BCUT2D eigenvalue weighted by molar-refractivity contribution is 5.93. The van der Waals surface area contributed by atoms with E-state index in [-0.39, 0.29) is 5.91 Å². The summed E-state index contributed by atoms with van der Waals surface area (Å²) in [6, 6.07) is 31.1. The fourth-order valence-electron chi connectivity index (χ4n) is 5.18. The zero-order chi connectivity index (χ0) is 26.8. The Morgan fingerprint density at radius 1 is 0.821 bits per heavy atom. The lowest BCUT2D eigenvalue weighted by Gasteiger charge is -2.36. The first kappa shape index (κ1) is 24.7. The molecule has 1 aromatic heterocycles. The number of nitrogens with zero attached hydrogens (tertiary/aromatic N) is 4. The molecule has 6 nitrogen and oxygen atoms in total. The Hall–Kier alpha value is -4.58. The summed E-state index contributed by atoms with van der Waals surface area (Å²) >= 11 is 0. The van der Waals surface area contributed by atoms with Crippen LogP contribution in [0.3, 0.4) is 0 Å². The van der Waals surface area contributed by atoms with E-state index in [1.54, 1.807) is 0 Å². The molecule has 6 rings (SSSR count). The molecular weight excluding hydrogens is 484 g/mol. The van der Waals surface area contributed by atoms with Gasteiger partial charge in [0.05, 0.1) is 12.3 Å². The fourth-order valence-corrected chi connectivity index (χ4v) is 5.18. The van der Waals surface area contributed by atoms with Crippen LogP contribution in [0, 0.1) is 6.92 Å². The van der Waals surface area contributed by atoms with Crippen molar-refractivity contribution in [2.45, 2.75) is 13.8 Å². The van der Waals surface area contributed by atoms with Gasteiger partial charge >= 0.3 is 0 Å². The number of amides is 1. The predicted molar refractivity (Wildman–Crippen MR) is 157 cm³/mol. The molecule has 0 bridgehead atoms. The minimum atomic E-state index is -0.0405. The summed E-state index contributed by atoms with van der Waals surface area (Å²) in [5.74, 6) is 1.49. The van der Waals surface area contributed by atoms with Crippen molar-refractivity contribution in [3.8, 4) is 22.8 Å². The molecule has 1 saturated heterocycles. The first-order valence-corrected chi connectivity index (χ1v) is 13.5. The fraction of sp³-hybridized carbons (Fsp3) is 0.212. The third kappa shape index (κ3) is 5.10. The van der Waals surface area contributed by atoms with E-state index in [1.807, 2.05) is 46.9 Å². The lowest BCUT2D eigenvalue weighted by Crippen LogP contribution is -2.48. The molecule has 0 N–H and O–H groups in total. The monoisotopic (exact) mass is 516 g/mol. The standard InChI is InChI=1S/C33H32N4O2/c1-3-39-30-10-6-9-29(22-30)37-23-31(34-32(37)26-13-11-24(2)12-14-26)33(38)36-19-17-35(18-20-36)28-16-15-25-7-4-5-8-27(25)21-28/h4-16,21-23H,3,17-20H2,1-2H3. The number of rotatable bonds is 6. The van der Waals surface area contributed by atoms with Gasteiger partial charge in [0.15, 0.2) is 0 Å². The first-order valence-electron chi connectivity index (χ1n) is 13.5. The summed E-state index contributed by atoms with van der Waals surface area (Å²) in [7, 11) is 0. The van der Waals surface area contributed by atoms with Gasteiger partial charge in [-0.3, -0.25) is 9.36 Å². The van der Waals surface area contributed by atoms with Gasteiger partial charge in [-0.05, 0) is 48.9 Å². The summed E-state index contributed by atoms with van der Waals surface area (Å²) < 4.78 is 7.73. The molecule has 1 aliphatic heterocycles. The van der Waals surface area contributed by atoms with E-state index < -0.39 is 0 Å². The number of aryl methyl sites for hydroxylation is 1. The van der Waals surface area contributed by atoms with Gasteiger partial charge in [0.1, 0.15) is 17.3 Å². The summed E-state index contributed by atoms with van der Waals surface area (Å²) in [5.41, 5.74) is 4.69. The second kappa shape index (κ2) is 10.7. The van der Waals surface area contributed by atoms with Crippen LogP contribution in [0.2, 0.25) is 0 Å². The van der Waals surface area contributed by atoms with Gasteiger partial charge in [-0.1, -0.05) is 66.2 Å². The van der Waals surface area contributed by atoms with Crippen molar-refractivity contribution in [3.63, 3.8) is 0 Å². The van der Waals surface area contributed by atoms with E-state index in [9.17, 15) is 4.79 Å². The van der Waals surface area contributed by atoms with Gasteiger partial charge in [-0.15, -0.1) is 0 Å². The minimum Gasteiger partial charge on any atom is -0.494 e.